The minimum Gasteiger partial charge on any atom is -0.460 e. The average molecular weight is 390 g/mol. The highest BCUT2D eigenvalue weighted by atomic mass is 16.5. The van der Waals surface area contributed by atoms with Gasteiger partial charge < -0.3 is 20.7 Å². The van der Waals surface area contributed by atoms with Gasteiger partial charge in [0.2, 0.25) is 17.8 Å². The third kappa shape index (κ3) is 6.31. The summed E-state index contributed by atoms with van der Waals surface area (Å²) < 4.78 is 5.07. The molecule has 1 aromatic heterocycles. The zero-order chi connectivity index (χ0) is 20.5. The Hall–Kier alpha value is -3.94. The Kier molecular flexibility index (Phi) is 6.72. The predicted molar refractivity (Wildman–Crippen MR) is 114 cm³/mol. The van der Waals surface area contributed by atoms with Gasteiger partial charge in [0.1, 0.15) is 6.61 Å². The first kappa shape index (κ1) is 19.8. The number of hydrogen-bond donors (Lipinski definition) is 3. The fourth-order valence-electron chi connectivity index (χ4n) is 2.30. The fourth-order valence-corrected chi connectivity index (χ4v) is 2.30. The molecule has 0 aliphatic rings. The zero-order valence-corrected chi connectivity index (χ0v) is 16.1. The Balaban J connectivity index is 1.73. The van der Waals surface area contributed by atoms with E-state index in [1.54, 1.807) is 6.92 Å². The summed E-state index contributed by atoms with van der Waals surface area (Å²) in [5, 5.41) is 9.35. The first-order valence-corrected chi connectivity index (χ1v) is 9.07. The van der Waals surface area contributed by atoms with Gasteiger partial charge in [-0.1, -0.05) is 43.0 Å². The summed E-state index contributed by atoms with van der Waals surface area (Å²) in [7, 11) is 0. The summed E-state index contributed by atoms with van der Waals surface area (Å²) in [6.07, 6.45) is 0. The van der Waals surface area contributed by atoms with Crippen molar-refractivity contribution >= 4 is 35.2 Å². The molecular formula is C21H22N6O2. The van der Waals surface area contributed by atoms with Crippen LogP contribution in [-0.2, 0) is 9.53 Å². The van der Waals surface area contributed by atoms with Gasteiger partial charge in [-0.25, -0.2) is 4.79 Å². The first-order chi connectivity index (χ1) is 14.1. The van der Waals surface area contributed by atoms with Crippen LogP contribution in [0.5, 0.6) is 0 Å². The van der Waals surface area contributed by atoms with Crippen LogP contribution in [0, 0.1) is 0 Å². The Morgan fingerprint density at radius 2 is 1.34 bits per heavy atom. The van der Waals surface area contributed by atoms with Crippen molar-refractivity contribution in [3.05, 3.63) is 72.8 Å². The summed E-state index contributed by atoms with van der Waals surface area (Å²) in [6, 6.07) is 19.2. The van der Waals surface area contributed by atoms with E-state index in [1.807, 2.05) is 60.7 Å². The SMILES string of the molecule is C=C(C)C(=O)OCCNc1nc(Nc2ccccc2)nc(Nc2ccccc2)n1. The largest absolute Gasteiger partial charge is 0.460 e. The van der Waals surface area contributed by atoms with E-state index in [0.717, 1.165) is 11.4 Å². The minimum absolute atomic E-state index is 0.167. The van der Waals surface area contributed by atoms with E-state index >= 15 is 0 Å². The topological polar surface area (TPSA) is 101 Å². The van der Waals surface area contributed by atoms with Gasteiger partial charge in [0, 0.05) is 16.9 Å². The Labute approximate surface area is 169 Å². The average Bonchev–Trinajstić information content (AvgIpc) is 2.72. The van der Waals surface area contributed by atoms with Gasteiger partial charge in [0.05, 0.1) is 6.54 Å². The molecule has 0 spiro atoms. The van der Waals surface area contributed by atoms with Crippen molar-refractivity contribution in [2.75, 3.05) is 29.1 Å². The van der Waals surface area contributed by atoms with E-state index < -0.39 is 5.97 Å². The minimum atomic E-state index is -0.430. The van der Waals surface area contributed by atoms with E-state index in [2.05, 4.69) is 37.5 Å². The molecule has 2 aromatic carbocycles. The second kappa shape index (κ2) is 9.84. The smallest absolute Gasteiger partial charge is 0.333 e. The monoisotopic (exact) mass is 390 g/mol. The standard InChI is InChI=1S/C21H22N6O2/c1-15(2)18(28)29-14-13-22-19-25-20(23-16-9-5-3-6-10-16)27-21(26-19)24-17-11-7-4-8-12-17/h3-12H,1,13-14H2,2H3,(H3,22,23,24,25,26,27). The highest BCUT2D eigenvalue weighted by Gasteiger charge is 2.08. The molecular weight excluding hydrogens is 368 g/mol. The van der Waals surface area contributed by atoms with Crippen LogP contribution >= 0.6 is 0 Å². The van der Waals surface area contributed by atoms with Crippen LogP contribution in [0.2, 0.25) is 0 Å². The molecule has 0 amide bonds. The second-order valence-electron chi connectivity index (χ2n) is 6.13. The number of rotatable bonds is 9. The molecule has 8 nitrogen and oxygen atoms in total. The van der Waals surface area contributed by atoms with Gasteiger partial charge in [-0.3, -0.25) is 0 Å². The lowest BCUT2D eigenvalue weighted by atomic mass is 10.3. The van der Waals surface area contributed by atoms with Crippen molar-refractivity contribution in [1.82, 2.24) is 15.0 Å². The maximum atomic E-state index is 11.5. The molecule has 0 saturated heterocycles. The number of esters is 1. The Morgan fingerprint density at radius 1 is 0.862 bits per heavy atom. The van der Waals surface area contributed by atoms with Crippen LogP contribution in [0.15, 0.2) is 72.8 Å². The summed E-state index contributed by atoms with van der Waals surface area (Å²) in [5.41, 5.74) is 2.06. The third-order valence-corrected chi connectivity index (χ3v) is 3.66. The molecule has 148 valence electrons. The molecule has 0 fully saturated rings. The van der Waals surface area contributed by atoms with E-state index in [0.29, 0.717) is 30.0 Å². The number of anilines is 5. The van der Waals surface area contributed by atoms with Crippen LogP contribution < -0.4 is 16.0 Å². The quantitative estimate of drug-likeness (QED) is 0.287. The van der Waals surface area contributed by atoms with Crippen molar-refractivity contribution < 1.29 is 9.53 Å². The van der Waals surface area contributed by atoms with Crippen LogP contribution in [0.25, 0.3) is 0 Å². The Bertz CT molecular complexity index is 904. The molecule has 3 aromatic rings. The molecule has 3 N–H and O–H groups in total. The van der Waals surface area contributed by atoms with Gasteiger partial charge in [-0.05, 0) is 31.2 Å². The zero-order valence-electron chi connectivity index (χ0n) is 16.1. The van der Waals surface area contributed by atoms with Crippen molar-refractivity contribution in [2.24, 2.45) is 0 Å². The predicted octanol–water partition coefficient (Wildman–Crippen LogP) is 3.89. The van der Waals surface area contributed by atoms with Gasteiger partial charge in [0.15, 0.2) is 0 Å². The lowest BCUT2D eigenvalue weighted by Gasteiger charge is -2.11. The molecule has 1 heterocycles. The molecule has 0 aliphatic carbocycles. The van der Waals surface area contributed by atoms with Crippen molar-refractivity contribution in [3.8, 4) is 0 Å². The number of para-hydroxylation sites is 2. The number of nitrogens with zero attached hydrogens (tertiary/aromatic N) is 3. The first-order valence-electron chi connectivity index (χ1n) is 9.07. The molecule has 0 bridgehead atoms. The normalized spacial score (nSPS) is 10.1. The summed E-state index contributed by atoms with van der Waals surface area (Å²) in [4.78, 5) is 24.6. The van der Waals surface area contributed by atoms with Gasteiger partial charge in [-0.2, -0.15) is 15.0 Å². The lowest BCUT2D eigenvalue weighted by Crippen LogP contribution is -2.16. The number of ether oxygens (including phenoxy) is 1. The van der Waals surface area contributed by atoms with Gasteiger partial charge in [0.25, 0.3) is 0 Å². The highest BCUT2D eigenvalue weighted by molar-refractivity contribution is 5.86. The number of aromatic nitrogens is 3. The molecule has 8 heteroatoms. The van der Waals surface area contributed by atoms with E-state index in [1.165, 1.54) is 0 Å². The number of benzene rings is 2. The molecule has 29 heavy (non-hydrogen) atoms. The molecule has 0 unspecified atom stereocenters. The van der Waals surface area contributed by atoms with Crippen LogP contribution in [-0.4, -0.2) is 34.1 Å². The maximum Gasteiger partial charge on any atom is 0.333 e. The van der Waals surface area contributed by atoms with Crippen molar-refractivity contribution in [1.29, 1.82) is 0 Å². The second-order valence-corrected chi connectivity index (χ2v) is 6.13. The van der Waals surface area contributed by atoms with Gasteiger partial charge >= 0.3 is 5.97 Å². The molecule has 3 rings (SSSR count). The molecule has 0 saturated carbocycles. The van der Waals surface area contributed by atoms with E-state index in [-0.39, 0.29) is 6.61 Å². The van der Waals surface area contributed by atoms with Gasteiger partial charge in [-0.15, -0.1) is 0 Å². The van der Waals surface area contributed by atoms with E-state index in [9.17, 15) is 4.79 Å². The van der Waals surface area contributed by atoms with Crippen molar-refractivity contribution in [3.63, 3.8) is 0 Å². The summed E-state index contributed by atoms with van der Waals surface area (Å²) in [6.45, 7) is 5.67. The number of nitrogens with one attached hydrogen (secondary N) is 3. The summed E-state index contributed by atoms with van der Waals surface area (Å²) in [5.74, 6) is 0.681. The number of hydrogen-bond acceptors (Lipinski definition) is 8. The molecule has 0 aliphatic heterocycles. The van der Waals surface area contributed by atoms with Crippen LogP contribution in [0.1, 0.15) is 6.92 Å². The Morgan fingerprint density at radius 3 is 1.83 bits per heavy atom. The van der Waals surface area contributed by atoms with E-state index in [4.69, 9.17) is 4.74 Å². The third-order valence-electron chi connectivity index (χ3n) is 3.66. The van der Waals surface area contributed by atoms with Crippen LogP contribution in [0.3, 0.4) is 0 Å². The lowest BCUT2D eigenvalue weighted by molar-refractivity contribution is -0.138. The fraction of sp³-hybridized carbons (Fsp3) is 0.143. The highest BCUT2D eigenvalue weighted by Crippen LogP contribution is 2.18. The molecule has 0 radical (unpaired) electrons. The molecule has 0 atom stereocenters. The van der Waals surface area contributed by atoms with Crippen LogP contribution in [0.4, 0.5) is 29.2 Å². The number of carbonyl (C=O) groups excluding carboxylic acids is 1. The number of carbonyl (C=O) groups is 1. The summed E-state index contributed by atoms with van der Waals surface area (Å²) >= 11 is 0. The van der Waals surface area contributed by atoms with Crippen molar-refractivity contribution in [2.45, 2.75) is 6.92 Å². The maximum absolute atomic E-state index is 11.5.